The Bertz CT molecular complexity index is 2180. The van der Waals surface area contributed by atoms with Crippen molar-refractivity contribution in [3.8, 4) is 0 Å². The van der Waals surface area contributed by atoms with Gasteiger partial charge in [-0.15, -0.1) is 34.3 Å². The predicted octanol–water partition coefficient (Wildman–Crippen LogP) is 2.37. The fourth-order valence-electron chi connectivity index (χ4n) is 4.43. The zero-order valence-corrected chi connectivity index (χ0v) is 45.9. The van der Waals surface area contributed by atoms with Gasteiger partial charge in [-0.1, -0.05) is 42.5 Å². The third-order valence-electron chi connectivity index (χ3n) is 8.97. The van der Waals surface area contributed by atoms with Crippen molar-refractivity contribution in [1.29, 1.82) is 0 Å². The van der Waals surface area contributed by atoms with Gasteiger partial charge in [-0.25, -0.2) is 0 Å². The summed E-state index contributed by atoms with van der Waals surface area (Å²) in [6, 6.07) is 23.2. The molecule has 0 saturated carbocycles. The number of rotatable bonds is 0. The summed E-state index contributed by atoms with van der Waals surface area (Å²) in [4.78, 5) is 3.84. The molecule has 0 amide bonds. The van der Waals surface area contributed by atoms with Crippen LogP contribution in [0.2, 0.25) is 0 Å². The molecule has 0 aliphatic carbocycles. The molecule has 0 fully saturated rings. The third kappa shape index (κ3) is 18.4. The molecule has 0 unspecified atom stereocenters. The number of hydrogen-bond acceptors (Lipinski definition) is 28. The molecule has 21 nitrogen and oxygen atoms in total. The summed E-state index contributed by atoms with van der Waals surface area (Å²) < 4.78 is 0. The van der Waals surface area contributed by atoms with E-state index in [1.54, 1.807) is 84.9 Å². The minimum Gasteiger partial charge on any atom is -0.778 e. The van der Waals surface area contributed by atoms with Gasteiger partial charge >= 0.3 is 0 Å². The van der Waals surface area contributed by atoms with Crippen molar-refractivity contribution in [2.75, 3.05) is 120 Å². The summed E-state index contributed by atoms with van der Waals surface area (Å²) in [6.45, 7) is 0. The van der Waals surface area contributed by atoms with Gasteiger partial charge in [0, 0.05) is 60.2 Å². The summed E-state index contributed by atoms with van der Waals surface area (Å²) in [5.41, 5.74) is 123. The second-order valence-corrected chi connectivity index (χ2v) is 16.9. The van der Waals surface area contributed by atoms with Crippen LogP contribution in [0.5, 0.6) is 0 Å². The van der Waals surface area contributed by atoms with Crippen LogP contribution in [-0.2, 0) is 109 Å². The van der Waals surface area contributed by atoms with Crippen molar-refractivity contribution in [3.05, 3.63) is 84.9 Å². The van der Waals surface area contributed by atoms with Gasteiger partial charge in [0.1, 0.15) is 0 Å². The van der Waals surface area contributed by atoms with Crippen molar-refractivity contribution < 1.29 is 20.4 Å². The number of hydrogen-bond donors (Lipinski definition) is 21. The molecule has 1 radical (unpaired) electrons. The molecule has 0 saturated heterocycles. The Labute approximate surface area is 464 Å². The fraction of sp³-hybridized carbons (Fsp3) is 0. The van der Waals surface area contributed by atoms with Gasteiger partial charge < -0.3 is 209 Å². The molecule has 0 aliphatic rings. The molecule has 385 valence electrons. The first-order valence-electron chi connectivity index (χ1n) is 19.1. The Balaban J connectivity index is 0.000000803. The zero-order chi connectivity index (χ0) is 54.1. The molecule has 71 heavy (non-hydrogen) atoms. The van der Waals surface area contributed by atoms with Crippen LogP contribution < -0.4 is 120 Å². The van der Waals surface area contributed by atoms with E-state index < -0.39 is 0 Å². The largest absolute Gasteiger partial charge is 0.778 e. The first kappa shape index (κ1) is 63.5. The molecule has 0 atom stereocenters. The Morgan fingerprint density at radius 2 is 0.239 bits per heavy atom. The topological polar surface area (TPSA) is 546 Å². The maximum atomic E-state index is 5.47. The Kier molecular flexibility index (Phi) is 25.9. The molecule has 0 aliphatic heterocycles. The third-order valence-corrected chi connectivity index (χ3v) is 11.5. The summed E-state index contributed by atoms with van der Waals surface area (Å²) in [5, 5.41) is 0. The zero-order valence-electron chi connectivity index (χ0n) is 37.4. The van der Waals surface area contributed by atoms with Gasteiger partial charge in [-0.3, -0.25) is 0 Å². The van der Waals surface area contributed by atoms with E-state index in [2.05, 4.69) is 0 Å². The SMILES string of the molecule is Nc1ccc([S-])c(N)c1N.Nc1ccc([S-])c(N)c1N.Nc1ccc([S-])c(N)c1N.Nc1ccc([S-])c(N)c1N.Nc1ccc([S-])c(N)c1N.Nc1ccc([S-])c(N)c1N.Nc1ccc([S-])c(N)c1N.[Re]. The minimum absolute atomic E-state index is 0. The van der Waals surface area contributed by atoms with Crippen molar-refractivity contribution >= 4 is 208 Å². The van der Waals surface area contributed by atoms with E-state index in [4.69, 9.17) is 209 Å². The molecule has 0 spiro atoms. The van der Waals surface area contributed by atoms with E-state index in [9.17, 15) is 0 Å². The Morgan fingerprint density at radius 1 is 0.155 bits per heavy atom. The quantitative estimate of drug-likeness (QED) is 0.0765. The monoisotopic (exact) mass is 1270 g/mol. The minimum atomic E-state index is 0. The summed E-state index contributed by atoms with van der Waals surface area (Å²) in [5.74, 6) is 0. The van der Waals surface area contributed by atoms with E-state index in [1.165, 1.54) is 0 Å². The van der Waals surface area contributed by atoms with Crippen LogP contribution in [0.4, 0.5) is 119 Å². The summed E-state index contributed by atoms with van der Waals surface area (Å²) >= 11 is 33.9. The first-order valence-corrected chi connectivity index (χ1v) is 22.0. The maximum absolute atomic E-state index is 5.47. The molecule has 29 heteroatoms. The number of nitrogens with two attached hydrogens (primary N) is 21. The van der Waals surface area contributed by atoms with Gasteiger partial charge in [0.15, 0.2) is 0 Å². The van der Waals surface area contributed by atoms with Gasteiger partial charge in [0.2, 0.25) is 0 Å². The van der Waals surface area contributed by atoms with Crippen molar-refractivity contribution in [2.45, 2.75) is 34.3 Å². The van der Waals surface area contributed by atoms with Gasteiger partial charge in [-0.05, 0) is 42.5 Å². The molecule has 42 N–H and O–H groups in total. The second kappa shape index (κ2) is 28.9. The Hall–Kier alpha value is -7.46. The summed E-state index contributed by atoms with van der Waals surface area (Å²) in [7, 11) is 0. The standard InChI is InChI=1S/7C6H9N3S.Re/c7*7-3-1-2-4(10)6(9)5(3)8;/h7*1-2,10H,7-9H2;/p-7. The predicted molar refractivity (Wildman–Crippen MR) is 317 cm³/mol. The molecule has 7 aromatic carbocycles. The van der Waals surface area contributed by atoms with E-state index in [-0.39, 0.29) is 20.4 Å². The first-order chi connectivity index (χ1) is 32.4. The van der Waals surface area contributed by atoms with Crippen LogP contribution >= 0.6 is 0 Å². The molecule has 0 bridgehead atoms. The molecular weight excluding hydrogens is 1210 g/mol. The number of anilines is 21. The summed E-state index contributed by atoms with van der Waals surface area (Å²) in [6.07, 6.45) is 0. The van der Waals surface area contributed by atoms with E-state index in [0.717, 1.165) is 0 Å². The van der Waals surface area contributed by atoms with Crippen LogP contribution in [0.1, 0.15) is 0 Å². The normalized spacial score (nSPS) is 9.46. The van der Waals surface area contributed by atoms with Gasteiger partial charge in [-0.2, -0.15) is 0 Å². The van der Waals surface area contributed by atoms with Crippen LogP contribution in [0.15, 0.2) is 119 Å². The van der Waals surface area contributed by atoms with Crippen molar-refractivity contribution in [3.63, 3.8) is 0 Å². The fourth-order valence-corrected chi connectivity index (χ4v) is 5.68. The molecule has 0 heterocycles. The van der Waals surface area contributed by atoms with Crippen LogP contribution in [-0.4, -0.2) is 0 Å². The smallest absolute Gasteiger partial charge is 0.0765 e. The Morgan fingerprint density at radius 3 is 0.310 bits per heavy atom. The van der Waals surface area contributed by atoms with Crippen molar-refractivity contribution in [1.82, 2.24) is 0 Å². The van der Waals surface area contributed by atoms with E-state index in [0.29, 0.717) is 154 Å². The number of nitrogen functional groups attached to an aromatic ring is 21. The van der Waals surface area contributed by atoms with E-state index >= 15 is 0 Å². The van der Waals surface area contributed by atoms with E-state index in [1.807, 2.05) is 0 Å². The van der Waals surface area contributed by atoms with Gasteiger partial charge in [0.25, 0.3) is 0 Å². The van der Waals surface area contributed by atoms with Crippen LogP contribution in [0.3, 0.4) is 0 Å². The molecular formula is C42H56N21ReS7-7. The van der Waals surface area contributed by atoms with Crippen LogP contribution in [0.25, 0.3) is 0 Å². The molecule has 7 aromatic rings. The maximum Gasteiger partial charge on any atom is 0.0765 e. The molecule has 0 aromatic heterocycles. The average Bonchev–Trinajstić information content (AvgIpc) is 3.34. The van der Waals surface area contributed by atoms with Gasteiger partial charge in [0.05, 0.1) is 79.6 Å². The van der Waals surface area contributed by atoms with Crippen LogP contribution in [0, 0.1) is 0 Å². The average molecular weight is 1270 g/mol. The van der Waals surface area contributed by atoms with Crippen molar-refractivity contribution in [2.24, 2.45) is 0 Å². The second-order valence-electron chi connectivity index (χ2n) is 13.9. The molecule has 7 rings (SSSR count). The number of benzene rings is 7.